The van der Waals surface area contributed by atoms with Crippen molar-refractivity contribution in [3.8, 4) is 0 Å². The average Bonchev–Trinajstić information content (AvgIpc) is 3.23. The van der Waals surface area contributed by atoms with Crippen LogP contribution in [0.25, 0.3) is 0 Å². The summed E-state index contributed by atoms with van der Waals surface area (Å²) in [6, 6.07) is 0. The minimum Gasteiger partial charge on any atom is -0.463 e. The number of nitrogens with one attached hydrogen (secondary N) is 1. The number of ether oxygens (including phenoxy) is 1. The number of aliphatic hydroxyl groups excluding tert-OH is 1. The van der Waals surface area contributed by atoms with E-state index >= 15 is 0 Å². The molecule has 0 saturated carbocycles. The third-order valence-electron chi connectivity index (χ3n) is 10.5. The Morgan fingerprint density at radius 1 is 0.517 bits per heavy atom. The van der Waals surface area contributed by atoms with E-state index in [1.54, 1.807) is 0 Å². The molecule has 0 aromatic heterocycles. The van der Waals surface area contributed by atoms with E-state index in [2.05, 4.69) is 67.8 Å². The highest BCUT2D eigenvalue weighted by atomic mass is 31.2. The van der Waals surface area contributed by atoms with Gasteiger partial charge in [-0.2, -0.15) is 0 Å². The number of amides is 1. The number of carbonyl (C=O) groups is 2. The van der Waals surface area contributed by atoms with Gasteiger partial charge in [0, 0.05) is 19.4 Å². The van der Waals surface area contributed by atoms with Gasteiger partial charge in [-0.1, -0.05) is 184 Å². The quantitative estimate of drug-likeness (QED) is 0.0239. The highest BCUT2D eigenvalue weighted by Crippen LogP contribution is 2.42. The van der Waals surface area contributed by atoms with Crippen molar-refractivity contribution in [1.29, 1.82) is 0 Å². The van der Waals surface area contributed by atoms with E-state index in [9.17, 15) is 24.2 Å². The van der Waals surface area contributed by atoms with Gasteiger partial charge in [-0.05, 0) is 77.0 Å². The molecule has 2 unspecified atom stereocenters. The van der Waals surface area contributed by atoms with Gasteiger partial charge >= 0.3 is 13.8 Å². The minimum absolute atomic E-state index is 0.0781. The molecule has 0 aliphatic carbocycles. The Labute approximate surface area is 368 Å². The number of rotatable bonds is 46. The van der Waals surface area contributed by atoms with Gasteiger partial charge in [-0.25, -0.2) is 4.57 Å². The van der Waals surface area contributed by atoms with Gasteiger partial charge in [-0.3, -0.25) is 18.6 Å². The fourth-order valence-corrected chi connectivity index (χ4v) is 7.49. The van der Waals surface area contributed by atoms with E-state index in [1.807, 2.05) is 0 Å². The minimum atomic E-state index is -4.42. The Kier molecular flexibility index (Phi) is 44.9. The molecule has 0 rings (SSSR count). The van der Waals surface area contributed by atoms with Crippen LogP contribution in [0.1, 0.15) is 226 Å². The standard InChI is InChI=1S/C50H92NO8P/c1-3-5-7-9-11-13-15-17-19-21-23-24-25-27-29-31-33-35-37-39-41-43-50(54)57-46-48(52)47-59-60(55,56)58-45-44-51-49(53)42-40-38-36-34-32-30-28-26-22-20-18-16-14-12-10-8-6-4-2/h11,13,17,19-20,22-24,48,52H,3-10,12,14-16,18,21,25-47H2,1-2H3,(H,51,53)(H,55,56)/b13-11-,19-17-,22-20-,24-23-. The fourth-order valence-electron chi connectivity index (χ4n) is 6.74. The summed E-state index contributed by atoms with van der Waals surface area (Å²) in [6.07, 6.45) is 54.7. The van der Waals surface area contributed by atoms with Crippen LogP contribution in [0.3, 0.4) is 0 Å². The fraction of sp³-hybridized carbons (Fsp3) is 0.800. The van der Waals surface area contributed by atoms with Crippen LogP contribution in [0, 0.1) is 0 Å². The maximum atomic E-state index is 12.1. The van der Waals surface area contributed by atoms with E-state index in [-0.39, 0.29) is 32.1 Å². The molecule has 0 radical (unpaired) electrons. The molecule has 10 heteroatoms. The smallest absolute Gasteiger partial charge is 0.463 e. The molecule has 3 N–H and O–H groups in total. The summed E-state index contributed by atoms with van der Waals surface area (Å²) in [4.78, 5) is 34.0. The lowest BCUT2D eigenvalue weighted by Gasteiger charge is -2.15. The van der Waals surface area contributed by atoms with E-state index < -0.39 is 26.5 Å². The second kappa shape index (κ2) is 46.5. The van der Waals surface area contributed by atoms with Crippen molar-refractivity contribution < 1.29 is 37.9 Å². The van der Waals surface area contributed by atoms with Crippen molar-refractivity contribution in [2.45, 2.75) is 232 Å². The first-order valence-corrected chi connectivity index (χ1v) is 26.1. The average molecular weight is 866 g/mol. The summed E-state index contributed by atoms with van der Waals surface area (Å²) in [6.45, 7) is 3.53. The lowest BCUT2D eigenvalue weighted by atomic mass is 10.1. The van der Waals surface area contributed by atoms with Gasteiger partial charge in [0.2, 0.25) is 5.91 Å². The van der Waals surface area contributed by atoms with Crippen LogP contribution in [-0.4, -0.2) is 54.3 Å². The van der Waals surface area contributed by atoms with Crippen LogP contribution in [0.15, 0.2) is 48.6 Å². The van der Waals surface area contributed by atoms with Crippen LogP contribution in [0.5, 0.6) is 0 Å². The van der Waals surface area contributed by atoms with E-state index in [1.165, 1.54) is 135 Å². The molecule has 0 bridgehead atoms. The first kappa shape index (κ1) is 58.0. The zero-order valence-electron chi connectivity index (χ0n) is 38.7. The predicted octanol–water partition coefficient (Wildman–Crippen LogP) is 14.3. The molecule has 0 saturated heterocycles. The molecule has 0 fully saturated rings. The van der Waals surface area contributed by atoms with Crippen molar-refractivity contribution in [3.63, 3.8) is 0 Å². The Morgan fingerprint density at radius 3 is 1.40 bits per heavy atom. The zero-order valence-corrected chi connectivity index (χ0v) is 39.5. The molecule has 60 heavy (non-hydrogen) atoms. The van der Waals surface area contributed by atoms with Gasteiger partial charge in [0.05, 0.1) is 13.2 Å². The van der Waals surface area contributed by atoms with Crippen LogP contribution in [-0.2, 0) is 27.9 Å². The Morgan fingerprint density at radius 2 is 0.900 bits per heavy atom. The van der Waals surface area contributed by atoms with Gasteiger partial charge in [0.25, 0.3) is 0 Å². The molecule has 0 aliphatic rings. The topological polar surface area (TPSA) is 131 Å². The Bertz CT molecular complexity index is 1120. The van der Waals surface area contributed by atoms with Crippen LogP contribution >= 0.6 is 7.82 Å². The summed E-state index contributed by atoms with van der Waals surface area (Å²) < 4.78 is 27.0. The number of esters is 1. The van der Waals surface area contributed by atoms with Crippen molar-refractivity contribution >= 4 is 19.7 Å². The number of unbranched alkanes of at least 4 members (excludes halogenated alkanes) is 25. The van der Waals surface area contributed by atoms with Crippen LogP contribution < -0.4 is 5.32 Å². The normalized spacial score (nSPS) is 13.6. The summed E-state index contributed by atoms with van der Waals surface area (Å²) in [5.74, 6) is -0.525. The SMILES string of the molecule is CCCCC/C=C\C/C=C\C/C=C\CCCCCCCCCCC(=O)OCC(O)COP(=O)(O)OCCNC(=O)CCCCCCCCC/C=C\CCCCCCCCC. The van der Waals surface area contributed by atoms with Crippen LogP contribution in [0.2, 0.25) is 0 Å². The molecule has 0 heterocycles. The lowest BCUT2D eigenvalue weighted by molar-refractivity contribution is -0.147. The first-order valence-electron chi connectivity index (χ1n) is 24.6. The summed E-state index contributed by atoms with van der Waals surface area (Å²) in [5, 5.41) is 12.7. The number of allylic oxidation sites excluding steroid dienone is 8. The van der Waals surface area contributed by atoms with Gasteiger partial charge in [0.15, 0.2) is 0 Å². The van der Waals surface area contributed by atoms with Gasteiger partial charge < -0.3 is 20.1 Å². The van der Waals surface area contributed by atoms with Crippen molar-refractivity contribution in [2.24, 2.45) is 0 Å². The van der Waals surface area contributed by atoms with Gasteiger partial charge in [0.1, 0.15) is 12.7 Å². The second-order valence-corrected chi connectivity index (χ2v) is 17.9. The highest BCUT2D eigenvalue weighted by molar-refractivity contribution is 7.47. The first-order chi connectivity index (χ1) is 29.3. The molecule has 9 nitrogen and oxygen atoms in total. The molecule has 0 spiro atoms. The van der Waals surface area contributed by atoms with E-state index in [4.69, 9.17) is 13.8 Å². The second-order valence-electron chi connectivity index (χ2n) is 16.4. The van der Waals surface area contributed by atoms with Crippen molar-refractivity contribution in [3.05, 3.63) is 48.6 Å². The predicted molar refractivity (Wildman–Crippen MR) is 252 cm³/mol. The monoisotopic (exact) mass is 866 g/mol. The van der Waals surface area contributed by atoms with Crippen molar-refractivity contribution in [1.82, 2.24) is 5.32 Å². The number of hydrogen-bond donors (Lipinski definition) is 3. The number of aliphatic hydroxyl groups is 1. The zero-order chi connectivity index (χ0) is 43.9. The van der Waals surface area contributed by atoms with Crippen molar-refractivity contribution in [2.75, 3.05) is 26.4 Å². The lowest BCUT2D eigenvalue weighted by Crippen LogP contribution is -2.27. The molecule has 0 aromatic carbocycles. The Hall–Kier alpha value is -2.03. The summed E-state index contributed by atoms with van der Waals surface area (Å²) >= 11 is 0. The largest absolute Gasteiger partial charge is 0.472 e. The summed E-state index contributed by atoms with van der Waals surface area (Å²) in [7, 11) is -4.42. The molecule has 1 amide bonds. The molecule has 0 aromatic rings. The van der Waals surface area contributed by atoms with Crippen LogP contribution in [0.4, 0.5) is 0 Å². The maximum absolute atomic E-state index is 12.1. The van der Waals surface area contributed by atoms with E-state index in [0.29, 0.717) is 6.42 Å². The molecular formula is C50H92NO8P. The molecule has 2 atom stereocenters. The molecule has 0 aliphatic heterocycles. The number of hydrogen-bond acceptors (Lipinski definition) is 7. The number of carbonyl (C=O) groups excluding carboxylic acids is 2. The molecule has 350 valence electrons. The third kappa shape index (κ3) is 47.0. The van der Waals surface area contributed by atoms with E-state index in [0.717, 1.165) is 64.2 Å². The van der Waals surface area contributed by atoms with Gasteiger partial charge in [-0.15, -0.1) is 0 Å². The maximum Gasteiger partial charge on any atom is 0.472 e. The highest BCUT2D eigenvalue weighted by Gasteiger charge is 2.23. The molecular weight excluding hydrogens is 774 g/mol. The number of phosphoric acid groups is 1. The Balaban J connectivity index is 3.59. The number of phosphoric ester groups is 1. The summed E-state index contributed by atoms with van der Waals surface area (Å²) in [5.41, 5.74) is 0. The third-order valence-corrected chi connectivity index (χ3v) is 11.5.